The molecule has 0 heterocycles. The number of hydrogen-bond donors (Lipinski definition) is 0. The molecular formula is C27H36F3NO6S. The fourth-order valence-electron chi connectivity index (χ4n) is 4.14. The summed E-state index contributed by atoms with van der Waals surface area (Å²) in [6, 6.07) is 7.83. The lowest BCUT2D eigenvalue weighted by Crippen LogP contribution is -2.34. The molecule has 2 rings (SSSR count). The molecule has 0 fully saturated rings. The monoisotopic (exact) mass is 559 g/mol. The van der Waals surface area contributed by atoms with Gasteiger partial charge in [0.1, 0.15) is 4.90 Å². The van der Waals surface area contributed by atoms with Crippen molar-refractivity contribution < 1.29 is 40.0 Å². The second-order valence-corrected chi connectivity index (χ2v) is 12.0. The molecule has 0 aromatic heterocycles. The van der Waals surface area contributed by atoms with Crippen LogP contribution in [0.1, 0.15) is 51.7 Å². The van der Waals surface area contributed by atoms with Gasteiger partial charge >= 0.3 is 16.3 Å². The molecule has 0 aliphatic carbocycles. The van der Waals surface area contributed by atoms with Crippen LogP contribution < -0.4 is 8.92 Å². The summed E-state index contributed by atoms with van der Waals surface area (Å²) in [5.41, 5.74) is -0.492. The molecule has 7 nitrogen and oxygen atoms in total. The van der Waals surface area contributed by atoms with Crippen LogP contribution in [-0.4, -0.2) is 46.6 Å². The van der Waals surface area contributed by atoms with Crippen LogP contribution in [0, 0.1) is 11.3 Å². The summed E-state index contributed by atoms with van der Waals surface area (Å²) in [4.78, 5) is 14.1. The molecule has 2 aromatic rings. The van der Waals surface area contributed by atoms with Gasteiger partial charge in [-0.1, -0.05) is 39.8 Å². The van der Waals surface area contributed by atoms with Crippen molar-refractivity contribution in [2.75, 3.05) is 27.4 Å². The van der Waals surface area contributed by atoms with Gasteiger partial charge in [0, 0.05) is 26.6 Å². The van der Waals surface area contributed by atoms with Crippen molar-refractivity contribution >= 4 is 16.0 Å². The predicted molar refractivity (Wildman–Crippen MR) is 137 cm³/mol. The molecule has 38 heavy (non-hydrogen) atoms. The number of amides is 1. The van der Waals surface area contributed by atoms with Crippen molar-refractivity contribution in [2.24, 2.45) is 11.3 Å². The van der Waals surface area contributed by atoms with Gasteiger partial charge in [-0.15, -0.1) is 0 Å². The highest BCUT2D eigenvalue weighted by Gasteiger charge is 2.32. The van der Waals surface area contributed by atoms with E-state index in [1.54, 1.807) is 11.0 Å². The fraction of sp³-hybridized carbons (Fsp3) is 0.519. The van der Waals surface area contributed by atoms with Crippen molar-refractivity contribution in [2.45, 2.75) is 58.2 Å². The van der Waals surface area contributed by atoms with Crippen LogP contribution in [0.4, 0.5) is 13.2 Å². The molecule has 0 spiro atoms. The van der Waals surface area contributed by atoms with Crippen molar-refractivity contribution in [1.82, 2.24) is 4.90 Å². The minimum absolute atomic E-state index is 0.0675. The molecule has 2 aromatic carbocycles. The molecule has 1 atom stereocenters. The highest BCUT2D eigenvalue weighted by atomic mass is 32.2. The van der Waals surface area contributed by atoms with Gasteiger partial charge in [-0.05, 0) is 53.6 Å². The van der Waals surface area contributed by atoms with E-state index in [0.29, 0.717) is 31.2 Å². The van der Waals surface area contributed by atoms with Crippen LogP contribution in [0.25, 0.3) is 0 Å². The average Bonchev–Trinajstić information content (AvgIpc) is 2.80. The van der Waals surface area contributed by atoms with Gasteiger partial charge < -0.3 is 18.6 Å². The van der Waals surface area contributed by atoms with E-state index >= 15 is 0 Å². The number of methoxy groups -OCH3 is 2. The first-order chi connectivity index (χ1) is 17.6. The van der Waals surface area contributed by atoms with Crippen LogP contribution in [0.3, 0.4) is 0 Å². The highest BCUT2D eigenvalue weighted by molar-refractivity contribution is 7.87. The molecule has 0 saturated carbocycles. The van der Waals surface area contributed by atoms with E-state index in [-0.39, 0.29) is 35.3 Å². The normalized spacial score (nSPS) is 13.2. The Morgan fingerprint density at radius 1 is 1.03 bits per heavy atom. The van der Waals surface area contributed by atoms with Crippen LogP contribution in [0.5, 0.6) is 11.5 Å². The summed E-state index contributed by atoms with van der Waals surface area (Å²) in [5.74, 6) is -0.0610. The van der Waals surface area contributed by atoms with Gasteiger partial charge in [0.25, 0.3) is 0 Å². The van der Waals surface area contributed by atoms with Crippen LogP contribution in [0.2, 0.25) is 0 Å². The standard InChI is InChI=1S/C27H36F3NO6S/c1-19(17-26(2,3)4)14-25(32)31(12-13-35-5)18-20-10-11-23(36-6)24(15-20)37-38(33,34)22-9-7-8-21(16-22)27(28,29)30/h7-11,15-16,19H,12-14,17-18H2,1-6H3/t19-/m0/s1. The van der Waals surface area contributed by atoms with Crippen molar-refractivity contribution in [3.8, 4) is 11.5 Å². The number of carbonyl (C=O) groups excluding carboxylic acids is 1. The van der Waals surface area contributed by atoms with Crippen molar-refractivity contribution in [3.05, 3.63) is 53.6 Å². The second-order valence-electron chi connectivity index (χ2n) is 10.4. The lowest BCUT2D eigenvalue weighted by atomic mass is 9.84. The fourth-order valence-corrected chi connectivity index (χ4v) is 5.12. The Labute approximate surface area is 223 Å². The smallest absolute Gasteiger partial charge is 0.416 e. The first kappa shape index (κ1) is 31.4. The number of nitrogens with zero attached hydrogens (tertiary/aromatic N) is 1. The molecule has 0 N–H and O–H groups in total. The van der Waals surface area contributed by atoms with E-state index in [9.17, 15) is 26.4 Å². The Balaban J connectivity index is 2.31. The Bertz CT molecular complexity index is 1190. The topological polar surface area (TPSA) is 82.1 Å². The Morgan fingerprint density at radius 3 is 2.29 bits per heavy atom. The molecular weight excluding hydrogens is 523 g/mol. The quantitative estimate of drug-likeness (QED) is 0.300. The Morgan fingerprint density at radius 2 is 1.71 bits per heavy atom. The minimum Gasteiger partial charge on any atom is -0.493 e. The third-order valence-electron chi connectivity index (χ3n) is 5.65. The average molecular weight is 560 g/mol. The predicted octanol–water partition coefficient (Wildman–Crippen LogP) is 5.92. The third kappa shape index (κ3) is 9.50. The first-order valence-electron chi connectivity index (χ1n) is 12.1. The number of alkyl halides is 3. The molecule has 1 amide bonds. The lowest BCUT2D eigenvalue weighted by Gasteiger charge is -2.27. The van der Waals surface area contributed by atoms with E-state index in [0.717, 1.165) is 24.6 Å². The van der Waals surface area contributed by atoms with Gasteiger partial charge in [-0.3, -0.25) is 4.79 Å². The summed E-state index contributed by atoms with van der Waals surface area (Å²) < 4.78 is 80.5. The van der Waals surface area contributed by atoms with Crippen molar-refractivity contribution in [1.29, 1.82) is 0 Å². The van der Waals surface area contributed by atoms with E-state index < -0.39 is 26.8 Å². The lowest BCUT2D eigenvalue weighted by molar-refractivity contribution is -0.137. The maximum atomic E-state index is 13.1. The molecule has 11 heteroatoms. The molecule has 0 aliphatic heterocycles. The Hall–Kier alpha value is -2.79. The molecule has 0 bridgehead atoms. The number of rotatable bonds is 12. The van der Waals surface area contributed by atoms with Gasteiger partial charge in [-0.2, -0.15) is 21.6 Å². The zero-order valence-corrected chi connectivity index (χ0v) is 23.4. The number of benzene rings is 2. The molecule has 0 aliphatic rings. The third-order valence-corrected chi connectivity index (χ3v) is 6.88. The highest BCUT2D eigenvalue weighted by Crippen LogP contribution is 2.34. The van der Waals surface area contributed by atoms with Gasteiger partial charge in [0.15, 0.2) is 11.5 Å². The molecule has 0 radical (unpaired) electrons. The zero-order chi connectivity index (χ0) is 28.7. The van der Waals surface area contributed by atoms with Gasteiger partial charge in [0.2, 0.25) is 5.91 Å². The number of ether oxygens (including phenoxy) is 2. The second kappa shape index (κ2) is 12.8. The summed E-state index contributed by atoms with van der Waals surface area (Å²) in [7, 11) is -1.78. The van der Waals surface area contributed by atoms with E-state index in [2.05, 4.69) is 20.8 Å². The zero-order valence-electron chi connectivity index (χ0n) is 22.6. The van der Waals surface area contributed by atoms with Crippen LogP contribution >= 0.6 is 0 Å². The van der Waals surface area contributed by atoms with E-state index in [1.165, 1.54) is 26.4 Å². The maximum Gasteiger partial charge on any atom is 0.416 e. The maximum absolute atomic E-state index is 13.1. The summed E-state index contributed by atoms with van der Waals surface area (Å²) in [5, 5.41) is 0. The first-order valence-corrected chi connectivity index (χ1v) is 13.5. The Kier molecular flexibility index (Phi) is 10.6. The minimum atomic E-state index is -4.72. The SMILES string of the molecule is COCCN(Cc1ccc(OC)c(OS(=O)(=O)c2cccc(C(F)(F)F)c2)c1)C(=O)C[C@H](C)CC(C)(C)C. The van der Waals surface area contributed by atoms with Crippen LogP contribution in [0.15, 0.2) is 47.4 Å². The largest absolute Gasteiger partial charge is 0.493 e. The molecule has 212 valence electrons. The van der Waals surface area contributed by atoms with Gasteiger partial charge in [-0.25, -0.2) is 0 Å². The van der Waals surface area contributed by atoms with E-state index in [1.807, 2.05) is 6.92 Å². The van der Waals surface area contributed by atoms with E-state index in [4.69, 9.17) is 13.7 Å². The molecule has 0 unspecified atom stereocenters. The van der Waals surface area contributed by atoms with Crippen LogP contribution in [-0.2, 0) is 32.4 Å². The summed E-state index contributed by atoms with van der Waals surface area (Å²) in [6.07, 6.45) is -3.51. The summed E-state index contributed by atoms with van der Waals surface area (Å²) in [6.45, 7) is 9.14. The number of halogens is 3. The summed E-state index contributed by atoms with van der Waals surface area (Å²) >= 11 is 0. The number of carbonyl (C=O) groups is 1. The van der Waals surface area contributed by atoms with Gasteiger partial charge in [0.05, 0.1) is 19.3 Å². The van der Waals surface area contributed by atoms with Crippen molar-refractivity contribution in [3.63, 3.8) is 0 Å². The number of hydrogen-bond acceptors (Lipinski definition) is 6. The molecule has 0 saturated heterocycles.